The largest absolute Gasteiger partial charge is 0.483 e. The van der Waals surface area contributed by atoms with Crippen molar-refractivity contribution in [2.75, 3.05) is 6.61 Å². The van der Waals surface area contributed by atoms with E-state index in [0.717, 1.165) is 10.0 Å². The summed E-state index contributed by atoms with van der Waals surface area (Å²) in [4.78, 5) is 12.1. The smallest absolute Gasteiger partial charge is 0.258 e. The molecule has 0 aliphatic heterocycles. The van der Waals surface area contributed by atoms with Gasteiger partial charge in [0.25, 0.3) is 5.91 Å². The first-order valence-corrected chi connectivity index (χ1v) is 8.48. The van der Waals surface area contributed by atoms with Crippen LogP contribution >= 0.6 is 27.5 Å². The highest BCUT2D eigenvalue weighted by molar-refractivity contribution is 9.10. The van der Waals surface area contributed by atoms with Crippen molar-refractivity contribution in [3.63, 3.8) is 0 Å². The molecule has 0 aliphatic rings. The van der Waals surface area contributed by atoms with E-state index < -0.39 is 0 Å². The Labute approximate surface area is 150 Å². The van der Waals surface area contributed by atoms with E-state index in [4.69, 9.17) is 16.3 Å². The average Bonchev–Trinajstić information content (AvgIpc) is 2.49. The molecule has 1 atom stereocenters. The highest BCUT2D eigenvalue weighted by Crippen LogP contribution is 2.27. The van der Waals surface area contributed by atoms with Crippen LogP contribution in [0.2, 0.25) is 5.02 Å². The predicted molar refractivity (Wildman–Crippen MR) is 97.1 cm³/mol. The van der Waals surface area contributed by atoms with Gasteiger partial charge in [0.1, 0.15) is 5.75 Å². The molecule has 5 heteroatoms. The van der Waals surface area contributed by atoms with Crippen LogP contribution < -0.4 is 10.1 Å². The summed E-state index contributed by atoms with van der Waals surface area (Å²) in [5.74, 6) is 0.418. The van der Waals surface area contributed by atoms with E-state index in [9.17, 15) is 4.79 Å². The highest BCUT2D eigenvalue weighted by atomic mass is 79.9. The lowest BCUT2D eigenvalue weighted by Crippen LogP contribution is -2.31. The number of amides is 1. The second kappa shape index (κ2) is 7.84. The maximum atomic E-state index is 12.1. The molecule has 1 N–H and O–H groups in total. The number of ether oxygens (including phenoxy) is 1. The van der Waals surface area contributed by atoms with Crippen LogP contribution in [-0.4, -0.2) is 12.5 Å². The lowest BCUT2D eigenvalue weighted by molar-refractivity contribution is -0.123. The zero-order valence-electron chi connectivity index (χ0n) is 13.3. The van der Waals surface area contributed by atoms with E-state index in [1.807, 2.05) is 13.0 Å². The molecule has 0 aromatic heterocycles. The molecule has 2 rings (SSSR count). The highest BCUT2D eigenvalue weighted by Gasteiger charge is 2.11. The van der Waals surface area contributed by atoms with Crippen molar-refractivity contribution in [2.24, 2.45) is 0 Å². The van der Waals surface area contributed by atoms with E-state index in [0.29, 0.717) is 10.8 Å². The third-order valence-corrected chi connectivity index (χ3v) is 4.52. The summed E-state index contributed by atoms with van der Waals surface area (Å²) in [5, 5.41) is 3.55. The Kier molecular flexibility index (Phi) is 6.08. The van der Waals surface area contributed by atoms with Gasteiger partial charge in [0.15, 0.2) is 6.61 Å². The van der Waals surface area contributed by atoms with Crippen LogP contribution in [-0.2, 0) is 4.79 Å². The van der Waals surface area contributed by atoms with E-state index in [1.165, 1.54) is 11.1 Å². The zero-order valence-corrected chi connectivity index (χ0v) is 15.7. The van der Waals surface area contributed by atoms with Crippen molar-refractivity contribution in [1.29, 1.82) is 0 Å². The fourth-order valence-electron chi connectivity index (χ4n) is 2.14. The molecule has 2 aromatic carbocycles. The van der Waals surface area contributed by atoms with Crippen LogP contribution in [0.15, 0.2) is 40.9 Å². The van der Waals surface area contributed by atoms with Gasteiger partial charge in [-0.25, -0.2) is 0 Å². The Morgan fingerprint density at radius 3 is 2.61 bits per heavy atom. The number of aryl methyl sites for hydroxylation is 2. The predicted octanol–water partition coefficient (Wildman–Crippen LogP) is 4.98. The van der Waals surface area contributed by atoms with Crippen LogP contribution in [0.1, 0.15) is 29.7 Å². The molecule has 122 valence electrons. The minimum absolute atomic E-state index is 0.0462. The number of rotatable bonds is 5. The summed E-state index contributed by atoms with van der Waals surface area (Å²) in [6.45, 7) is 6.05. The minimum atomic E-state index is -0.169. The maximum Gasteiger partial charge on any atom is 0.258 e. The molecule has 3 nitrogen and oxygen atoms in total. The Bertz CT molecular complexity index is 718. The van der Waals surface area contributed by atoms with Gasteiger partial charge in [-0.05, 0) is 71.6 Å². The molecule has 23 heavy (non-hydrogen) atoms. The third kappa shape index (κ3) is 4.98. The van der Waals surface area contributed by atoms with Crippen molar-refractivity contribution in [3.8, 4) is 5.75 Å². The quantitative estimate of drug-likeness (QED) is 0.774. The summed E-state index contributed by atoms with van der Waals surface area (Å²) in [7, 11) is 0. The molecule has 0 fully saturated rings. The number of halogens is 2. The van der Waals surface area contributed by atoms with Crippen molar-refractivity contribution >= 4 is 33.4 Å². The molecule has 0 unspecified atom stereocenters. The maximum absolute atomic E-state index is 12.1. The Balaban J connectivity index is 1.92. The molecular weight excluding hydrogens is 378 g/mol. The van der Waals surface area contributed by atoms with Gasteiger partial charge in [0.2, 0.25) is 0 Å². The van der Waals surface area contributed by atoms with Gasteiger partial charge in [-0.15, -0.1) is 0 Å². The molecule has 0 aliphatic carbocycles. The Hall–Kier alpha value is -1.52. The number of carbonyl (C=O) groups excluding carboxylic acids is 1. The second-order valence-electron chi connectivity index (χ2n) is 5.50. The van der Waals surface area contributed by atoms with Crippen molar-refractivity contribution in [2.45, 2.75) is 26.8 Å². The SMILES string of the molecule is Cc1ccc([C@@H](C)NC(=O)COc2ccc(Cl)cc2Br)cc1C. The van der Waals surface area contributed by atoms with Gasteiger partial charge < -0.3 is 10.1 Å². The van der Waals surface area contributed by atoms with Gasteiger partial charge in [-0.1, -0.05) is 29.8 Å². The van der Waals surface area contributed by atoms with Crippen molar-refractivity contribution in [3.05, 3.63) is 62.6 Å². The Morgan fingerprint density at radius 2 is 1.96 bits per heavy atom. The van der Waals surface area contributed by atoms with Crippen LogP contribution in [0.5, 0.6) is 5.75 Å². The topological polar surface area (TPSA) is 38.3 Å². The fraction of sp³-hybridized carbons (Fsp3) is 0.278. The number of nitrogens with one attached hydrogen (secondary N) is 1. The summed E-state index contributed by atoms with van der Waals surface area (Å²) < 4.78 is 6.24. The van der Waals surface area contributed by atoms with E-state index in [2.05, 4.69) is 47.2 Å². The summed E-state index contributed by atoms with van der Waals surface area (Å²) in [5.41, 5.74) is 3.53. The van der Waals surface area contributed by atoms with Crippen LogP contribution in [0.3, 0.4) is 0 Å². The van der Waals surface area contributed by atoms with Gasteiger partial charge in [-0.3, -0.25) is 4.79 Å². The van der Waals surface area contributed by atoms with Crippen LogP contribution in [0, 0.1) is 13.8 Å². The van der Waals surface area contributed by atoms with Crippen LogP contribution in [0.4, 0.5) is 0 Å². The van der Waals surface area contributed by atoms with Crippen molar-refractivity contribution in [1.82, 2.24) is 5.32 Å². The number of carbonyl (C=O) groups is 1. The lowest BCUT2D eigenvalue weighted by Gasteiger charge is -2.16. The minimum Gasteiger partial charge on any atom is -0.483 e. The number of hydrogen-bond acceptors (Lipinski definition) is 2. The summed E-state index contributed by atoms with van der Waals surface area (Å²) >= 11 is 9.23. The second-order valence-corrected chi connectivity index (χ2v) is 6.79. The first-order valence-electron chi connectivity index (χ1n) is 7.31. The normalized spacial score (nSPS) is 11.9. The average molecular weight is 397 g/mol. The summed E-state index contributed by atoms with van der Waals surface area (Å²) in [6.07, 6.45) is 0. The standard InChI is InChI=1S/C18H19BrClNO2/c1-11-4-5-14(8-12(11)2)13(3)21-18(22)10-23-17-7-6-15(20)9-16(17)19/h4-9,13H,10H2,1-3H3,(H,21,22)/t13-/m1/s1. The van der Waals surface area contributed by atoms with E-state index in [-0.39, 0.29) is 18.6 Å². The summed E-state index contributed by atoms with van der Waals surface area (Å²) in [6, 6.07) is 11.3. The third-order valence-electron chi connectivity index (χ3n) is 3.66. The molecule has 0 spiro atoms. The first-order chi connectivity index (χ1) is 10.9. The monoisotopic (exact) mass is 395 g/mol. The zero-order chi connectivity index (χ0) is 17.0. The van der Waals surface area contributed by atoms with Crippen LogP contribution in [0.25, 0.3) is 0 Å². The molecular formula is C18H19BrClNO2. The van der Waals surface area contributed by atoms with Gasteiger partial charge >= 0.3 is 0 Å². The molecule has 0 radical (unpaired) electrons. The van der Waals surface area contributed by atoms with E-state index in [1.54, 1.807) is 18.2 Å². The fourth-order valence-corrected chi connectivity index (χ4v) is 2.93. The lowest BCUT2D eigenvalue weighted by atomic mass is 10.0. The molecule has 0 heterocycles. The van der Waals surface area contributed by atoms with Crippen molar-refractivity contribution < 1.29 is 9.53 Å². The van der Waals surface area contributed by atoms with Gasteiger partial charge in [0, 0.05) is 5.02 Å². The number of hydrogen-bond donors (Lipinski definition) is 1. The molecule has 1 amide bonds. The number of benzene rings is 2. The molecule has 0 bridgehead atoms. The van der Waals surface area contributed by atoms with Gasteiger partial charge in [0.05, 0.1) is 10.5 Å². The molecule has 0 saturated carbocycles. The first kappa shape index (κ1) is 17.8. The van der Waals surface area contributed by atoms with Gasteiger partial charge in [-0.2, -0.15) is 0 Å². The van der Waals surface area contributed by atoms with E-state index >= 15 is 0 Å². The molecule has 0 saturated heterocycles. The Morgan fingerprint density at radius 1 is 1.22 bits per heavy atom. The molecule has 2 aromatic rings.